The first-order valence-electron chi connectivity index (χ1n) is 8.23. The minimum Gasteiger partial charge on any atom is -0.489 e. The van der Waals surface area contributed by atoms with Crippen LogP contribution in [0.3, 0.4) is 0 Å². The van der Waals surface area contributed by atoms with Gasteiger partial charge in [-0.3, -0.25) is 4.79 Å². The molecule has 132 valence electrons. The highest BCUT2D eigenvalue weighted by molar-refractivity contribution is 9.10. The van der Waals surface area contributed by atoms with Gasteiger partial charge in [0.25, 0.3) is 5.91 Å². The van der Waals surface area contributed by atoms with Crippen LogP contribution in [0.5, 0.6) is 5.75 Å². The molecule has 0 aliphatic carbocycles. The zero-order valence-electron chi connectivity index (χ0n) is 13.6. The van der Waals surface area contributed by atoms with Crippen LogP contribution in [0.1, 0.15) is 29.6 Å². The van der Waals surface area contributed by atoms with Gasteiger partial charge in [0.1, 0.15) is 18.2 Å². The molecular formula is C19H19BrFNO3. The van der Waals surface area contributed by atoms with E-state index in [-0.39, 0.29) is 11.7 Å². The van der Waals surface area contributed by atoms with Crippen LogP contribution in [0.4, 0.5) is 10.1 Å². The summed E-state index contributed by atoms with van der Waals surface area (Å²) in [6.45, 7) is 1.21. The molecule has 4 nitrogen and oxygen atoms in total. The lowest BCUT2D eigenvalue weighted by atomic mass is 10.1. The van der Waals surface area contributed by atoms with Gasteiger partial charge >= 0.3 is 0 Å². The van der Waals surface area contributed by atoms with Crippen molar-refractivity contribution >= 4 is 27.5 Å². The average molecular weight is 408 g/mol. The summed E-state index contributed by atoms with van der Waals surface area (Å²) in [6, 6.07) is 11.3. The normalized spacial score (nSPS) is 17.1. The fourth-order valence-corrected chi connectivity index (χ4v) is 3.16. The first-order chi connectivity index (χ1) is 12.1. The third-order valence-corrected chi connectivity index (χ3v) is 4.42. The third-order valence-electron chi connectivity index (χ3n) is 3.96. The number of nitrogens with one attached hydrogen (secondary N) is 1. The highest BCUT2D eigenvalue weighted by Crippen LogP contribution is 2.26. The van der Waals surface area contributed by atoms with E-state index in [0.29, 0.717) is 22.5 Å². The number of amides is 1. The Morgan fingerprint density at radius 2 is 2.12 bits per heavy atom. The predicted octanol–water partition coefficient (Wildman–Crippen LogP) is 4.79. The molecule has 1 amide bonds. The molecule has 1 aliphatic rings. The molecule has 1 saturated heterocycles. The summed E-state index contributed by atoms with van der Waals surface area (Å²) in [5.74, 6) is -0.302. The number of carbonyl (C=O) groups is 1. The quantitative estimate of drug-likeness (QED) is 0.774. The number of carbonyl (C=O) groups excluding carboxylic acids is 1. The van der Waals surface area contributed by atoms with Crippen molar-refractivity contribution in [3.8, 4) is 5.75 Å². The summed E-state index contributed by atoms with van der Waals surface area (Å²) < 4.78 is 25.5. The van der Waals surface area contributed by atoms with Crippen LogP contribution in [-0.2, 0) is 4.74 Å². The fourth-order valence-electron chi connectivity index (χ4n) is 2.70. The molecule has 25 heavy (non-hydrogen) atoms. The Morgan fingerprint density at radius 1 is 1.28 bits per heavy atom. The lowest BCUT2D eigenvalue weighted by Gasteiger charge is -2.23. The Labute approximate surface area is 154 Å². The van der Waals surface area contributed by atoms with Crippen molar-refractivity contribution in [3.05, 3.63) is 58.3 Å². The molecular weight excluding hydrogens is 389 g/mol. The second-order valence-corrected chi connectivity index (χ2v) is 6.82. The number of anilines is 1. The van der Waals surface area contributed by atoms with Gasteiger partial charge in [-0.25, -0.2) is 4.39 Å². The van der Waals surface area contributed by atoms with Crippen LogP contribution < -0.4 is 10.1 Å². The van der Waals surface area contributed by atoms with E-state index in [1.54, 1.807) is 24.3 Å². The molecule has 2 aromatic rings. The second-order valence-electron chi connectivity index (χ2n) is 5.91. The van der Waals surface area contributed by atoms with E-state index >= 15 is 0 Å². The summed E-state index contributed by atoms with van der Waals surface area (Å²) in [7, 11) is 0. The number of ether oxygens (including phenoxy) is 2. The van der Waals surface area contributed by atoms with Crippen molar-refractivity contribution in [1.29, 1.82) is 0 Å². The van der Waals surface area contributed by atoms with Gasteiger partial charge in [0, 0.05) is 16.6 Å². The molecule has 0 aromatic heterocycles. The van der Waals surface area contributed by atoms with E-state index in [4.69, 9.17) is 9.47 Å². The standard InChI is InChI=1S/C19H19BrFNO3/c20-14-9-13(10-15(21)11-14)19(23)22-17-6-1-2-7-18(17)25-12-16-5-3-4-8-24-16/h1-2,6-7,9-11,16H,3-5,8,12H2,(H,22,23). The van der Waals surface area contributed by atoms with Gasteiger partial charge in [0.2, 0.25) is 0 Å². The highest BCUT2D eigenvalue weighted by atomic mass is 79.9. The van der Waals surface area contributed by atoms with Crippen LogP contribution in [-0.4, -0.2) is 25.2 Å². The Balaban J connectivity index is 1.68. The van der Waals surface area contributed by atoms with E-state index in [2.05, 4.69) is 21.2 Å². The largest absolute Gasteiger partial charge is 0.489 e. The van der Waals surface area contributed by atoms with Gasteiger partial charge in [0.05, 0.1) is 11.8 Å². The molecule has 1 heterocycles. The Bertz CT molecular complexity index is 727. The van der Waals surface area contributed by atoms with Crippen LogP contribution in [0.2, 0.25) is 0 Å². The summed E-state index contributed by atoms with van der Waals surface area (Å²) in [5.41, 5.74) is 0.779. The minimum atomic E-state index is -0.474. The predicted molar refractivity (Wildman–Crippen MR) is 97.6 cm³/mol. The SMILES string of the molecule is O=C(Nc1ccccc1OCC1CCCCO1)c1cc(F)cc(Br)c1. The van der Waals surface area contributed by atoms with Crippen LogP contribution in [0.25, 0.3) is 0 Å². The first-order valence-corrected chi connectivity index (χ1v) is 9.02. The van der Waals surface area contributed by atoms with Crippen LogP contribution in [0.15, 0.2) is 46.9 Å². The van der Waals surface area contributed by atoms with Crippen molar-refractivity contribution in [2.24, 2.45) is 0 Å². The fraction of sp³-hybridized carbons (Fsp3) is 0.316. The molecule has 1 atom stereocenters. The Kier molecular flexibility index (Phi) is 6.04. The van der Waals surface area contributed by atoms with Crippen molar-refractivity contribution in [1.82, 2.24) is 0 Å². The molecule has 0 spiro atoms. The maximum absolute atomic E-state index is 13.5. The summed E-state index contributed by atoms with van der Waals surface area (Å²) in [4.78, 5) is 12.4. The van der Waals surface area contributed by atoms with E-state index in [1.165, 1.54) is 12.1 Å². The molecule has 1 unspecified atom stereocenters. The van der Waals surface area contributed by atoms with Crippen LogP contribution >= 0.6 is 15.9 Å². The zero-order valence-corrected chi connectivity index (χ0v) is 15.2. The Morgan fingerprint density at radius 3 is 2.88 bits per heavy atom. The summed E-state index contributed by atoms with van der Waals surface area (Å²) in [6.07, 6.45) is 3.29. The molecule has 6 heteroatoms. The summed E-state index contributed by atoms with van der Waals surface area (Å²) in [5, 5.41) is 2.78. The number of halogens is 2. The number of para-hydroxylation sites is 2. The molecule has 1 fully saturated rings. The second kappa shape index (κ2) is 8.45. The van der Waals surface area contributed by atoms with Crippen molar-refractivity contribution in [3.63, 3.8) is 0 Å². The number of hydrogen-bond donors (Lipinski definition) is 1. The van der Waals surface area contributed by atoms with Gasteiger partial charge < -0.3 is 14.8 Å². The first kappa shape index (κ1) is 17.9. The van der Waals surface area contributed by atoms with E-state index < -0.39 is 11.7 Å². The molecule has 1 aliphatic heterocycles. The highest BCUT2D eigenvalue weighted by Gasteiger charge is 2.16. The van der Waals surface area contributed by atoms with Gasteiger partial charge in [-0.15, -0.1) is 0 Å². The average Bonchev–Trinajstić information content (AvgIpc) is 2.61. The topological polar surface area (TPSA) is 47.6 Å². The lowest BCUT2D eigenvalue weighted by Crippen LogP contribution is -2.26. The smallest absolute Gasteiger partial charge is 0.255 e. The van der Waals surface area contributed by atoms with Crippen LogP contribution in [0, 0.1) is 5.82 Å². The molecule has 0 saturated carbocycles. The number of benzene rings is 2. The Hall–Kier alpha value is -1.92. The van der Waals surface area contributed by atoms with Gasteiger partial charge in [-0.2, -0.15) is 0 Å². The van der Waals surface area contributed by atoms with E-state index in [0.717, 1.165) is 25.9 Å². The van der Waals surface area contributed by atoms with Crippen molar-refractivity contribution < 1.29 is 18.7 Å². The monoisotopic (exact) mass is 407 g/mol. The maximum atomic E-state index is 13.5. The molecule has 0 radical (unpaired) electrons. The van der Waals surface area contributed by atoms with Gasteiger partial charge in [-0.05, 0) is 49.6 Å². The van der Waals surface area contributed by atoms with E-state index in [1.807, 2.05) is 6.07 Å². The lowest BCUT2D eigenvalue weighted by molar-refractivity contribution is -0.0109. The minimum absolute atomic E-state index is 0.0803. The van der Waals surface area contributed by atoms with Gasteiger partial charge in [0.15, 0.2) is 0 Å². The molecule has 1 N–H and O–H groups in total. The van der Waals surface area contributed by atoms with Gasteiger partial charge in [-0.1, -0.05) is 28.1 Å². The third kappa shape index (κ3) is 5.03. The summed E-state index contributed by atoms with van der Waals surface area (Å²) >= 11 is 3.19. The maximum Gasteiger partial charge on any atom is 0.255 e. The molecule has 3 rings (SSSR count). The number of rotatable bonds is 5. The zero-order chi connectivity index (χ0) is 17.6. The van der Waals surface area contributed by atoms with Crippen molar-refractivity contribution in [2.75, 3.05) is 18.5 Å². The molecule has 2 aromatic carbocycles. The van der Waals surface area contributed by atoms with E-state index in [9.17, 15) is 9.18 Å². The number of hydrogen-bond acceptors (Lipinski definition) is 3. The van der Waals surface area contributed by atoms with Crippen molar-refractivity contribution in [2.45, 2.75) is 25.4 Å². The molecule has 0 bridgehead atoms.